The maximum atomic E-state index is 6.20. The third-order valence-corrected chi connectivity index (χ3v) is 5.08. The molecule has 3 aromatic rings. The Bertz CT molecular complexity index is 924. The van der Waals surface area contributed by atoms with Crippen LogP contribution in [0.2, 0.25) is 5.02 Å². The van der Waals surface area contributed by atoms with Gasteiger partial charge in [-0.25, -0.2) is 4.68 Å². The Kier molecular flexibility index (Phi) is 4.32. The van der Waals surface area contributed by atoms with Crippen LogP contribution in [0.3, 0.4) is 0 Å². The average Bonchev–Trinajstić information content (AvgIpc) is 3.18. The number of furan rings is 1. The number of ether oxygens (including phenoxy) is 2. The Morgan fingerprint density at radius 3 is 3.04 bits per heavy atom. The highest BCUT2D eigenvalue weighted by atomic mass is 35.5. The summed E-state index contributed by atoms with van der Waals surface area (Å²) >= 11 is 7.66. The normalized spacial score (nSPS) is 13.5. The molecule has 25 heavy (non-hydrogen) atoms. The fraction of sp³-hybridized carbons (Fsp3) is 0.250. The number of aryl methyl sites for hydroxylation is 1. The Labute approximate surface area is 153 Å². The number of halogens is 1. The molecular weight excluding hydrogens is 364 g/mol. The molecule has 0 saturated heterocycles. The molecule has 1 aliphatic rings. The third kappa shape index (κ3) is 3.08. The van der Waals surface area contributed by atoms with Gasteiger partial charge in [-0.2, -0.15) is 0 Å². The van der Waals surface area contributed by atoms with Gasteiger partial charge in [0.2, 0.25) is 5.16 Å². The van der Waals surface area contributed by atoms with Crippen molar-refractivity contribution in [3.8, 4) is 17.1 Å². The first-order valence-corrected chi connectivity index (χ1v) is 8.89. The number of nitrogens with zero attached hydrogens (tertiary/aromatic N) is 3. The lowest BCUT2D eigenvalue weighted by Crippen LogP contribution is -2.13. The molecule has 4 rings (SSSR count). The molecule has 1 aromatic carbocycles. The van der Waals surface area contributed by atoms with E-state index in [2.05, 4.69) is 10.2 Å². The third-order valence-electron chi connectivity index (χ3n) is 3.87. The molecule has 130 valence electrons. The number of thioether (sulfide) groups is 1. The molecule has 0 radical (unpaired) electrons. The van der Waals surface area contributed by atoms with Crippen molar-refractivity contribution in [3.05, 3.63) is 46.4 Å². The van der Waals surface area contributed by atoms with Crippen LogP contribution in [0.4, 0.5) is 0 Å². The quantitative estimate of drug-likeness (QED) is 0.550. The molecule has 0 fully saturated rings. The van der Waals surface area contributed by atoms with Crippen LogP contribution in [-0.4, -0.2) is 21.7 Å². The lowest BCUT2D eigenvalue weighted by molar-refractivity contribution is -0.0168. The average molecular weight is 379 g/mol. The van der Waals surface area contributed by atoms with Crippen LogP contribution < -0.4 is 10.6 Å². The number of hydrogen-bond acceptors (Lipinski definition) is 7. The first-order chi connectivity index (χ1) is 12.1. The Balaban J connectivity index is 1.58. The van der Waals surface area contributed by atoms with E-state index in [1.54, 1.807) is 6.26 Å². The minimum atomic E-state index is 0.239. The van der Waals surface area contributed by atoms with E-state index in [0.717, 1.165) is 28.2 Å². The van der Waals surface area contributed by atoms with Crippen molar-refractivity contribution >= 4 is 23.4 Å². The van der Waals surface area contributed by atoms with Gasteiger partial charge in [0.05, 0.1) is 18.4 Å². The summed E-state index contributed by atoms with van der Waals surface area (Å²) in [6.45, 7) is 2.59. The van der Waals surface area contributed by atoms with Crippen molar-refractivity contribution in [3.63, 3.8) is 0 Å². The van der Waals surface area contributed by atoms with Gasteiger partial charge in [0, 0.05) is 21.9 Å². The Hall–Kier alpha value is -2.16. The van der Waals surface area contributed by atoms with Gasteiger partial charge in [-0.05, 0) is 25.1 Å². The van der Waals surface area contributed by atoms with E-state index in [1.165, 1.54) is 16.4 Å². The van der Waals surface area contributed by atoms with Gasteiger partial charge in [-0.1, -0.05) is 23.4 Å². The number of nitrogens with two attached hydrogens (primary N) is 1. The van der Waals surface area contributed by atoms with Crippen LogP contribution in [0.15, 0.2) is 34.0 Å². The van der Waals surface area contributed by atoms with Crippen molar-refractivity contribution in [2.45, 2.75) is 24.4 Å². The number of rotatable bonds is 4. The molecule has 0 unspecified atom stereocenters. The van der Waals surface area contributed by atoms with Crippen molar-refractivity contribution in [2.75, 3.05) is 12.6 Å². The van der Waals surface area contributed by atoms with Crippen LogP contribution in [-0.2, 0) is 17.1 Å². The highest BCUT2D eigenvalue weighted by Crippen LogP contribution is 2.35. The summed E-state index contributed by atoms with van der Waals surface area (Å²) in [7, 11) is 0. The summed E-state index contributed by atoms with van der Waals surface area (Å²) in [5.41, 5.74) is 2.74. The topological polar surface area (TPSA) is 88.3 Å². The number of benzene rings is 1. The molecule has 2 aromatic heterocycles. The fourth-order valence-electron chi connectivity index (χ4n) is 2.68. The van der Waals surface area contributed by atoms with E-state index in [9.17, 15) is 0 Å². The zero-order chi connectivity index (χ0) is 17.4. The second kappa shape index (κ2) is 6.62. The minimum Gasteiger partial charge on any atom is -0.469 e. The summed E-state index contributed by atoms with van der Waals surface area (Å²) in [6, 6.07) is 5.56. The summed E-state index contributed by atoms with van der Waals surface area (Å²) in [6.07, 6.45) is 1.60. The number of hydrogen-bond donors (Lipinski definition) is 1. The maximum Gasteiger partial charge on any atom is 0.210 e. The lowest BCUT2D eigenvalue weighted by atomic mass is 10.1. The number of nitrogen functional groups attached to an aromatic ring is 1. The van der Waals surface area contributed by atoms with Crippen LogP contribution >= 0.6 is 23.4 Å². The van der Waals surface area contributed by atoms with Crippen molar-refractivity contribution < 1.29 is 13.9 Å². The van der Waals surface area contributed by atoms with E-state index in [1.807, 2.05) is 25.1 Å². The molecule has 0 saturated carbocycles. The standard InChI is InChI=1S/C16H15ClN4O3S/c1-9-13(2-3-23-9)15-19-20-16(21(15)18)25-7-11-5-12(17)4-10-6-22-8-24-14(10)11/h2-5H,6-8,18H2,1H3. The molecule has 0 atom stereocenters. The zero-order valence-electron chi connectivity index (χ0n) is 13.4. The monoisotopic (exact) mass is 378 g/mol. The molecule has 1 aliphatic heterocycles. The first kappa shape index (κ1) is 16.3. The summed E-state index contributed by atoms with van der Waals surface area (Å²) in [4.78, 5) is 0. The van der Waals surface area contributed by atoms with Crippen LogP contribution in [0.25, 0.3) is 11.4 Å². The van der Waals surface area contributed by atoms with Gasteiger partial charge >= 0.3 is 0 Å². The number of fused-ring (bicyclic) bond motifs is 1. The molecule has 2 N–H and O–H groups in total. The second-order valence-corrected chi connectivity index (χ2v) is 6.90. The SMILES string of the molecule is Cc1occc1-c1nnc(SCc2cc(Cl)cc3c2OCOC3)n1N. The fourth-order valence-corrected chi connectivity index (χ4v) is 3.77. The maximum absolute atomic E-state index is 6.20. The van der Waals surface area contributed by atoms with E-state index in [-0.39, 0.29) is 6.79 Å². The molecule has 0 amide bonds. The number of aromatic nitrogens is 3. The molecule has 7 nitrogen and oxygen atoms in total. The van der Waals surface area contributed by atoms with E-state index >= 15 is 0 Å². The van der Waals surface area contributed by atoms with Gasteiger partial charge in [-0.3, -0.25) is 0 Å². The highest BCUT2D eigenvalue weighted by molar-refractivity contribution is 7.98. The summed E-state index contributed by atoms with van der Waals surface area (Å²) in [5, 5.41) is 9.58. The smallest absolute Gasteiger partial charge is 0.210 e. The summed E-state index contributed by atoms with van der Waals surface area (Å²) in [5.74, 6) is 8.87. The predicted molar refractivity (Wildman–Crippen MR) is 93.9 cm³/mol. The molecule has 0 aliphatic carbocycles. The summed E-state index contributed by atoms with van der Waals surface area (Å²) < 4.78 is 17.7. The minimum absolute atomic E-state index is 0.239. The predicted octanol–water partition coefficient (Wildman–Crippen LogP) is 3.37. The second-order valence-electron chi connectivity index (χ2n) is 5.52. The first-order valence-electron chi connectivity index (χ1n) is 7.53. The van der Waals surface area contributed by atoms with Gasteiger partial charge in [0.1, 0.15) is 11.5 Å². The highest BCUT2D eigenvalue weighted by Gasteiger charge is 2.19. The van der Waals surface area contributed by atoms with Crippen LogP contribution in [0.1, 0.15) is 16.9 Å². The van der Waals surface area contributed by atoms with Crippen LogP contribution in [0, 0.1) is 6.92 Å². The van der Waals surface area contributed by atoms with E-state index in [0.29, 0.717) is 28.4 Å². The van der Waals surface area contributed by atoms with Crippen molar-refractivity contribution in [1.29, 1.82) is 0 Å². The molecule has 3 heterocycles. The zero-order valence-corrected chi connectivity index (χ0v) is 14.9. The Morgan fingerprint density at radius 2 is 2.24 bits per heavy atom. The molecule has 0 spiro atoms. The lowest BCUT2D eigenvalue weighted by Gasteiger charge is -2.20. The molecule has 9 heteroatoms. The van der Waals surface area contributed by atoms with Crippen molar-refractivity contribution in [1.82, 2.24) is 14.9 Å². The van der Waals surface area contributed by atoms with Gasteiger partial charge < -0.3 is 19.7 Å². The van der Waals surface area contributed by atoms with E-state index < -0.39 is 0 Å². The Morgan fingerprint density at radius 1 is 1.36 bits per heavy atom. The molecule has 0 bridgehead atoms. The van der Waals surface area contributed by atoms with Gasteiger partial charge in [0.25, 0.3) is 0 Å². The van der Waals surface area contributed by atoms with Crippen molar-refractivity contribution in [2.24, 2.45) is 0 Å². The van der Waals surface area contributed by atoms with Gasteiger partial charge in [-0.15, -0.1) is 10.2 Å². The van der Waals surface area contributed by atoms with E-state index in [4.69, 9.17) is 31.3 Å². The van der Waals surface area contributed by atoms with Crippen LogP contribution in [0.5, 0.6) is 5.75 Å². The molecular formula is C16H15ClN4O3S. The van der Waals surface area contributed by atoms with Gasteiger partial charge in [0.15, 0.2) is 12.6 Å². The largest absolute Gasteiger partial charge is 0.469 e.